The van der Waals surface area contributed by atoms with Crippen LogP contribution in [-0.4, -0.2) is 66.5 Å². The molecule has 0 atom stereocenters. The van der Waals surface area contributed by atoms with Crippen molar-refractivity contribution in [2.45, 2.75) is 26.7 Å². The van der Waals surface area contributed by atoms with Gasteiger partial charge in [0.2, 0.25) is 5.91 Å². The highest BCUT2D eigenvalue weighted by Gasteiger charge is 2.28. The highest BCUT2D eigenvalue weighted by molar-refractivity contribution is 6.31. The van der Waals surface area contributed by atoms with Gasteiger partial charge in [0.25, 0.3) is 11.5 Å². The number of carbonyl (C=O) groups is 2. The zero-order valence-corrected chi connectivity index (χ0v) is 24.3. The molecule has 3 aromatic rings. The van der Waals surface area contributed by atoms with E-state index in [9.17, 15) is 14.4 Å². The molecule has 2 N–H and O–H groups in total. The molecule has 0 radical (unpaired) electrons. The van der Waals surface area contributed by atoms with Crippen molar-refractivity contribution in [1.82, 2.24) is 19.6 Å². The molecule has 4 rings (SSSR count). The van der Waals surface area contributed by atoms with Crippen molar-refractivity contribution in [3.8, 4) is 17.2 Å². The molecule has 0 bridgehead atoms. The quantitative estimate of drug-likeness (QED) is 0.387. The fraction of sp³-hybridized carbons (Fsp3) is 0.414. The Morgan fingerprint density at radius 3 is 2.50 bits per heavy atom. The summed E-state index contributed by atoms with van der Waals surface area (Å²) in [5.41, 5.74) is 1.07. The number of para-hydroxylation sites is 1. The molecule has 10 nitrogen and oxygen atoms in total. The number of hydrogen-bond acceptors (Lipinski definition) is 6. The largest absolute Gasteiger partial charge is 0.486 e. The van der Waals surface area contributed by atoms with Gasteiger partial charge in [-0.15, -0.1) is 0 Å². The van der Waals surface area contributed by atoms with Crippen LogP contribution in [0.5, 0.6) is 11.5 Å². The molecular formula is C29H36ClN5O5. The van der Waals surface area contributed by atoms with Crippen molar-refractivity contribution in [2.24, 2.45) is 12.5 Å². The number of benzene rings is 2. The van der Waals surface area contributed by atoms with Crippen LogP contribution in [0.3, 0.4) is 0 Å². The first-order valence-corrected chi connectivity index (χ1v) is 13.5. The van der Waals surface area contributed by atoms with Crippen LogP contribution >= 0.6 is 11.6 Å². The van der Waals surface area contributed by atoms with Crippen LogP contribution in [0.1, 0.15) is 36.3 Å². The smallest absolute Gasteiger partial charge is 0.295 e. The van der Waals surface area contributed by atoms with Gasteiger partial charge in [-0.05, 0) is 37.7 Å². The average molecular weight is 570 g/mol. The van der Waals surface area contributed by atoms with Crippen LogP contribution in [0, 0.1) is 5.41 Å². The Bertz CT molecular complexity index is 1450. The number of nitrogens with one attached hydrogen (secondary N) is 2. The summed E-state index contributed by atoms with van der Waals surface area (Å²) in [4.78, 5) is 41.8. The van der Waals surface area contributed by atoms with Gasteiger partial charge < -0.3 is 25.0 Å². The van der Waals surface area contributed by atoms with Crippen molar-refractivity contribution < 1.29 is 19.1 Å². The van der Waals surface area contributed by atoms with E-state index in [0.29, 0.717) is 48.4 Å². The first-order chi connectivity index (χ1) is 19.0. The van der Waals surface area contributed by atoms with E-state index in [0.717, 1.165) is 5.69 Å². The van der Waals surface area contributed by atoms with E-state index in [-0.39, 0.29) is 41.6 Å². The van der Waals surface area contributed by atoms with E-state index in [1.807, 2.05) is 70.2 Å². The SMILES string of the molecule is CN(C)CCc1c(NC(=O)CC(C)(C)CNC(=O)c2cc(Cl)cc3c2OCCO3)c(=O)n(-c2ccccc2)n1C. The normalized spacial score (nSPS) is 12.9. The summed E-state index contributed by atoms with van der Waals surface area (Å²) in [5.74, 6) is 0.0898. The van der Waals surface area contributed by atoms with Gasteiger partial charge in [0.05, 0.1) is 16.9 Å². The van der Waals surface area contributed by atoms with Crippen molar-refractivity contribution >= 4 is 29.1 Å². The van der Waals surface area contributed by atoms with E-state index >= 15 is 0 Å². The molecule has 1 aromatic heterocycles. The van der Waals surface area contributed by atoms with E-state index < -0.39 is 5.41 Å². The lowest BCUT2D eigenvalue weighted by Crippen LogP contribution is -2.37. The number of nitrogens with zero attached hydrogens (tertiary/aromatic N) is 3. The third-order valence-electron chi connectivity index (χ3n) is 6.66. The minimum atomic E-state index is -0.618. The maximum absolute atomic E-state index is 13.5. The van der Waals surface area contributed by atoms with Crippen LogP contribution in [-0.2, 0) is 18.3 Å². The lowest BCUT2D eigenvalue weighted by atomic mass is 9.88. The molecule has 40 heavy (non-hydrogen) atoms. The molecule has 2 heterocycles. The van der Waals surface area contributed by atoms with Gasteiger partial charge >= 0.3 is 0 Å². The van der Waals surface area contributed by atoms with E-state index in [2.05, 4.69) is 10.6 Å². The number of carbonyl (C=O) groups excluding carboxylic acids is 2. The molecule has 1 aliphatic heterocycles. The molecule has 0 unspecified atom stereocenters. The lowest BCUT2D eigenvalue weighted by Gasteiger charge is -2.25. The fourth-order valence-electron chi connectivity index (χ4n) is 4.63. The molecule has 0 saturated heterocycles. The Labute approximate surface area is 238 Å². The van der Waals surface area contributed by atoms with E-state index in [1.54, 1.807) is 15.4 Å². The second-order valence-electron chi connectivity index (χ2n) is 10.9. The van der Waals surface area contributed by atoms with Crippen LogP contribution in [0.4, 0.5) is 5.69 Å². The molecule has 214 valence electrons. The number of aromatic nitrogens is 2. The first kappa shape index (κ1) is 29.2. The summed E-state index contributed by atoms with van der Waals surface area (Å²) in [7, 11) is 5.73. The predicted molar refractivity (Wildman–Crippen MR) is 155 cm³/mol. The Kier molecular flexibility index (Phi) is 8.90. The number of amides is 2. The van der Waals surface area contributed by atoms with Gasteiger partial charge in [0, 0.05) is 44.1 Å². The van der Waals surface area contributed by atoms with Crippen LogP contribution < -0.4 is 25.7 Å². The molecule has 11 heteroatoms. The molecule has 0 spiro atoms. The Balaban J connectivity index is 1.48. The number of halogens is 1. The summed E-state index contributed by atoms with van der Waals surface area (Å²) in [6.07, 6.45) is 0.650. The van der Waals surface area contributed by atoms with Crippen LogP contribution in [0.2, 0.25) is 5.02 Å². The van der Waals surface area contributed by atoms with Crippen LogP contribution in [0.15, 0.2) is 47.3 Å². The predicted octanol–water partition coefficient (Wildman–Crippen LogP) is 3.49. The van der Waals surface area contributed by atoms with Crippen molar-refractivity contribution in [2.75, 3.05) is 45.7 Å². The third-order valence-corrected chi connectivity index (χ3v) is 6.88. The minimum Gasteiger partial charge on any atom is -0.486 e. The van der Waals surface area contributed by atoms with E-state index in [4.69, 9.17) is 21.1 Å². The monoisotopic (exact) mass is 569 g/mol. The number of rotatable bonds is 10. The Morgan fingerprint density at radius 2 is 1.80 bits per heavy atom. The van der Waals surface area contributed by atoms with Gasteiger partial charge in [-0.1, -0.05) is 43.6 Å². The lowest BCUT2D eigenvalue weighted by molar-refractivity contribution is -0.118. The maximum Gasteiger partial charge on any atom is 0.295 e. The summed E-state index contributed by atoms with van der Waals surface area (Å²) >= 11 is 6.18. The highest BCUT2D eigenvalue weighted by Crippen LogP contribution is 2.37. The molecule has 2 amide bonds. The zero-order chi connectivity index (χ0) is 29.0. The van der Waals surface area contributed by atoms with Crippen molar-refractivity contribution in [3.63, 3.8) is 0 Å². The van der Waals surface area contributed by atoms with Crippen LogP contribution in [0.25, 0.3) is 5.69 Å². The molecule has 2 aromatic carbocycles. The van der Waals surface area contributed by atoms with Gasteiger partial charge in [-0.2, -0.15) is 0 Å². The molecular weight excluding hydrogens is 534 g/mol. The topological polar surface area (TPSA) is 107 Å². The summed E-state index contributed by atoms with van der Waals surface area (Å²) < 4.78 is 14.6. The number of fused-ring (bicyclic) bond motifs is 1. The van der Waals surface area contributed by atoms with Gasteiger partial charge in [0.1, 0.15) is 18.9 Å². The van der Waals surface area contributed by atoms with Gasteiger partial charge in [0.15, 0.2) is 11.5 Å². The zero-order valence-electron chi connectivity index (χ0n) is 23.5. The number of likely N-dealkylation sites (N-methyl/N-ethyl adjacent to an activating group) is 1. The molecule has 0 fully saturated rings. The number of anilines is 1. The second kappa shape index (κ2) is 12.2. The maximum atomic E-state index is 13.5. The summed E-state index contributed by atoms with van der Waals surface area (Å²) in [6.45, 7) is 5.38. The summed E-state index contributed by atoms with van der Waals surface area (Å²) in [5, 5.41) is 6.13. The average Bonchev–Trinajstić information content (AvgIpc) is 3.13. The van der Waals surface area contributed by atoms with Gasteiger partial charge in [-0.3, -0.25) is 19.1 Å². The number of hydrogen-bond donors (Lipinski definition) is 2. The highest BCUT2D eigenvalue weighted by atomic mass is 35.5. The van der Waals surface area contributed by atoms with Crippen molar-refractivity contribution in [1.29, 1.82) is 0 Å². The molecule has 0 saturated carbocycles. The molecule has 1 aliphatic rings. The van der Waals surface area contributed by atoms with Gasteiger partial charge in [-0.25, -0.2) is 4.68 Å². The van der Waals surface area contributed by atoms with E-state index in [1.165, 1.54) is 6.07 Å². The minimum absolute atomic E-state index is 0.0767. The second-order valence-corrected chi connectivity index (χ2v) is 11.3. The number of ether oxygens (including phenoxy) is 2. The molecule has 0 aliphatic carbocycles. The Hall–Kier alpha value is -3.76. The Morgan fingerprint density at radius 1 is 1.10 bits per heavy atom. The fourth-order valence-corrected chi connectivity index (χ4v) is 4.84. The van der Waals surface area contributed by atoms with Crippen molar-refractivity contribution in [3.05, 3.63) is 69.1 Å². The summed E-state index contributed by atoms with van der Waals surface area (Å²) in [6, 6.07) is 12.5. The third kappa shape index (κ3) is 6.68. The standard InChI is InChI=1S/C29H36ClN5O5/c1-29(2,18-31-27(37)21-15-19(30)16-23-26(21)40-14-13-39-23)17-24(36)32-25-22(11-12-33(3)4)34(5)35(28(25)38)20-9-7-6-8-10-20/h6-10,15-16H,11-14,17-18H2,1-5H3,(H,31,37)(H,32,36). The first-order valence-electron chi connectivity index (χ1n) is 13.1.